The highest BCUT2D eigenvalue weighted by Gasteiger charge is 1.77. The summed E-state index contributed by atoms with van der Waals surface area (Å²) in [6.45, 7) is 9.70. The van der Waals surface area contributed by atoms with Gasteiger partial charge >= 0.3 is 0 Å². The summed E-state index contributed by atoms with van der Waals surface area (Å²) >= 11 is 0. The van der Waals surface area contributed by atoms with Gasteiger partial charge in [-0.25, -0.2) is 0 Å². The van der Waals surface area contributed by atoms with Gasteiger partial charge in [0.25, 0.3) is 0 Å². The standard InChI is InChI=1S/C7H12N2.C2H6/c1-4-7(2)9-6-5-8-3;1-2/h5-6H,2,4H2,1,3H3;1-2H3. The number of nitrogens with zero attached hydrogens (tertiary/aromatic N) is 2. The molecule has 0 heterocycles. The van der Waals surface area contributed by atoms with Crippen LogP contribution in [0.5, 0.6) is 0 Å². The van der Waals surface area contributed by atoms with E-state index in [1.165, 1.54) is 0 Å². The van der Waals surface area contributed by atoms with Crippen LogP contribution in [0.2, 0.25) is 0 Å². The van der Waals surface area contributed by atoms with Crippen molar-refractivity contribution in [3.63, 3.8) is 0 Å². The highest BCUT2D eigenvalue weighted by Crippen LogP contribution is 1.94. The Morgan fingerprint density at radius 1 is 1.36 bits per heavy atom. The van der Waals surface area contributed by atoms with Crippen molar-refractivity contribution in [2.24, 2.45) is 9.98 Å². The molecule has 0 amide bonds. The van der Waals surface area contributed by atoms with Crippen LogP contribution in [-0.4, -0.2) is 19.5 Å². The predicted octanol–water partition coefficient (Wildman–Crippen LogP) is 2.71. The van der Waals surface area contributed by atoms with Crippen LogP contribution in [0.3, 0.4) is 0 Å². The Bertz CT molecular complexity index is 134. The van der Waals surface area contributed by atoms with Crippen LogP contribution in [0.15, 0.2) is 22.3 Å². The zero-order valence-corrected chi connectivity index (χ0v) is 7.96. The molecule has 0 aromatic heterocycles. The summed E-state index contributed by atoms with van der Waals surface area (Å²) in [6.07, 6.45) is 4.18. The van der Waals surface area contributed by atoms with Gasteiger partial charge in [0.05, 0.1) is 0 Å². The number of rotatable bonds is 3. The molecule has 0 unspecified atom stereocenters. The van der Waals surface area contributed by atoms with Gasteiger partial charge in [-0.15, -0.1) is 0 Å². The normalized spacial score (nSPS) is 9.82. The molecule has 0 rings (SSSR count). The lowest BCUT2D eigenvalue weighted by molar-refractivity contribution is 1.08. The Kier molecular flexibility index (Phi) is 13.7. The lowest BCUT2D eigenvalue weighted by Gasteiger charge is -1.86. The van der Waals surface area contributed by atoms with Crippen molar-refractivity contribution >= 4 is 12.4 Å². The average molecular weight is 154 g/mol. The second kappa shape index (κ2) is 11.8. The minimum Gasteiger partial charge on any atom is -0.295 e. The monoisotopic (exact) mass is 154 g/mol. The van der Waals surface area contributed by atoms with E-state index in [0.29, 0.717) is 0 Å². The maximum Gasteiger partial charge on any atom is 0.0449 e. The summed E-state index contributed by atoms with van der Waals surface area (Å²) < 4.78 is 0. The zero-order valence-electron chi connectivity index (χ0n) is 7.96. The largest absolute Gasteiger partial charge is 0.295 e. The first-order valence-corrected chi connectivity index (χ1v) is 3.93. The van der Waals surface area contributed by atoms with Crippen LogP contribution in [0.25, 0.3) is 0 Å². The molecule has 0 N–H and O–H groups in total. The quantitative estimate of drug-likeness (QED) is 0.558. The Morgan fingerprint density at radius 3 is 2.27 bits per heavy atom. The summed E-state index contributed by atoms with van der Waals surface area (Å²) in [5, 5.41) is 0. The van der Waals surface area contributed by atoms with Crippen molar-refractivity contribution in [2.75, 3.05) is 7.05 Å². The van der Waals surface area contributed by atoms with Crippen molar-refractivity contribution in [2.45, 2.75) is 27.2 Å². The van der Waals surface area contributed by atoms with Crippen molar-refractivity contribution in [3.05, 3.63) is 12.3 Å². The van der Waals surface area contributed by atoms with Crippen molar-refractivity contribution in [1.82, 2.24) is 0 Å². The smallest absolute Gasteiger partial charge is 0.0449 e. The molecule has 11 heavy (non-hydrogen) atoms. The maximum atomic E-state index is 3.96. The van der Waals surface area contributed by atoms with E-state index in [9.17, 15) is 0 Å². The third-order valence-corrected chi connectivity index (χ3v) is 0.881. The molecular formula is C9H18N2. The van der Waals surface area contributed by atoms with Crippen molar-refractivity contribution < 1.29 is 0 Å². The Labute approximate surface area is 69.8 Å². The summed E-state index contributed by atoms with van der Waals surface area (Å²) in [7, 11) is 1.71. The summed E-state index contributed by atoms with van der Waals surface area (Å²) in [5.74, 6) is 0. The molecule has 0 fully saturated rings. The highest BCUT2D eigenvalue weighted by molar-refractivity contribution is 6.16. The molecule has 2 nitrogen and oxygen atoms in total. The molecule has 0 atom stereocenters. The maximum absolute atomic E-state index is 3.96. The van der Waals surface area contributed by atoms with Crippen LogP contribution in [0.4, 0.5) is 0 Å². The van der Waals surface area contributed by atoms with Crippen LogP contribution >= 0.6 is 0 Å². The zero-order chi connectivity index (χ0) is 9.11. The minimum absolute atomic E-state index is 0.884. The second-order valence-electron chi connectivity index (χ2n) is 1.61. The van der Waals surface area contributed by atoms with Gasteiger partial charge in [-0.3, -0.25) is 9.98 Å². The van der Waals surface area contributed by atoms with E-state index in [1.807, 2.05) is 20.8 Å². The van der Waals surface area contributed by atoms with Gasteiger partial charge in [0.15, 0.2) is 0 Å². The van der Waals surface area contributed by atoms with E-state index in [1.54, 1.807) is 19.5 Å². The van der Waals surface area contributed by atoms with Gasteiger partial charge in [-0.2, -0.15) is 0 Å². The van der Waals surface area contributed by atoms with Crippen molar-refractivity contribution in [1.29, 1.82) is 0 Å². The Morgan fingerprint density at radius 2 is 1.91 bits per heavy atom. The molecule has 0 radical (unpaired) electrons. The van der Waals surface area contributed by atoms with Gasteiger partial charge in [-0.1, -0.05) is 27.4 Å². The number of hydrogen-bond donors (Lipinski definition) is 0. The van der Waals surface area contributed by atoms with E-state index < -0.39 is 0 Å². The fourth-order valence-electron chi connectivity index (χ4n) is 0.297. The topological polar surface area (TPSA) is 24.7 Å². The third-order valence-electron chi connectivity index (χ3n) is 0.881. The Hall–Kier alpha value is -0.920. The van der Waals surface area contributed by atoms with Gasteiger partial charge in [0.1, 0.15) is 0 Å². The van der Waals surface area contributed by atoms with E-state index >= 15 is 0 Å². The lowest BCUT2D eigenvalue weighted by atomic mass is 10.4. The molecule has 0 bridgehead atoms. The number of allylic oxidation sites excluding steroid dienone is 1. The van der Waals surface area contributed by atoms with Gasteiger partial charge in [0.2, 0.25) is 0 Å². The molecule has 0 aliphatic heterocycles. The summed E-state index contributed by atoms with van der Waals surface area (Å²) in [5.41, 5.74) is 0.884. The molecule has 0 saturated carbocycles. The van der Waals surface area contributed by atoms with Crippen LogP contribution in [0.1, 0.15) is 27.2 Å². The van der Waals surface area contributed by atoms with E-state index in [0.717, 1.165) is 12.1 Å². The van der Waals surface area contributed by atoms with Crippen LogP contribution in [0, 0.1) is 0 Å². The van der Waals surface area contributed by atoms with Gasteiger partial charge in [-0.05, 0) is 6.42 Å². The van der Waals surface area contributed by atoms with E-state index in [2.05, 4.69) is 16.6 Å². The molecule has 0 aromatic rings. The molecule has 2 heteroatoms. The lowest BCUT2D eigenvalue weighted by Crippen LogP contribution is -1.76. The fourth-order valence-corrected chi connectivity index (χ4v) is 0.297. The van der Waals surface area contributed by atoms with Gasteiger partial charge in [0, 0.05) is 25.2 Å². The summed E-state index contributed by atoms with van der Waals surface area (Å²) in [4.78, 5) is 7.69. The molecule has 0 spiro atoms. The predicted molar refractivity (Wildman–Crippen MR) is 53.7 cm³/mol. The fraction of sp³-hybridized carbons (Fsp3) is 0.556. The molecule has 0 aliphatic carbocycles. The molecular weight excluding hydrogens is 136 g/mol. The first-order valence-electron chi connectivity index (χ1n) is 3.93. The van der Waals surface area contributed by atoms with Crippen LogP contribution < -0.4 is 0 Å². The summed E-state index contributed by atoms with van der Waals surface area (Å²) in [6, 6.07) is 0. The molecule has 0 saturated heterocycles. The van der Waals surface area contributed by atoms with Crippen molar-refractivity contribution in [3.8, 4) is 0 Å². The van der Waals surface area contributed by atoms with E-state index in [-0.39, 0.29) is 0 Å². The van der Waals surface area contributed by atoms with E-state index in [4.69, 9.17) is 0 Å². The highest BCUT2D eigenvalue weighted by atomic mass is 14.7. The average Bonchev–Trinajstić information content (AvgIpc) is 2.08. The Balaban J connectivity index is 0. The second-order valence-corrected chi connectivity index (χ2v) is 1.61. The molecule has 0 aromatic carbocycles. The molecule has 64 valence electrons. The minimum atomic E-state index is 0.884. The SMILES string of the molecule is C=C(CC)N=CC=NC.CC. The number of hydrogen-bond acceptors (Lipinski definition) is 2. The number of aliphatic imine (C=N–C) groups is 2. The molecule has 0 aliphatic rings. The first kappa shape index (κ1) is 12.7. The van der Waals surface area contributed by atoms with Gasteiger partial charge < -0.3 is 0 Å². The third kappa shape index (κ3) is 12.3. The first-order chi connectivity index (χ1) is 5.31. The van der Waals surface area contributed by atoms with Crippen LogP contribution in [-0.2, 0) is 0 Å².